The van der Waals surface area contributed by atoms with Gasteiger partial charge in [0.2, 0.25) is 0 Å². The second-order valence-electron chi connectivity index (χ2n) is 3.76. The number of pyridine rings is 1. The van der Waals surface area contributed by atoms with E-state index in [4.69, 9.17) is 11.6 Å². The largest absolute Gasteiger partial charge is 0.464 e. The summed E-state index contributed by atoms with van der Waals surface area (Å²) < 4.78 is 4.64. The van der Waals surface area contributed by atoms with E-state index in [-0.39, 0.29) is 5.69 Å². The van der Waals surface area contributed by atoms with Crippen LogP contribution in [0.3, 0.4) is 0 Å². The molecule has 1 aliphatic heterocycles. The number of carbonyl (C=O) groups excluding carboxylic acids is 1. The zero-order valence-electron chi connectivity index (χ0n) is 9.57. The summed E-state index contributed by atoms with van der Waals surface area (Å²) in [7, 11) is 1.33. The Morgan fingerprint density at radius 2 is 2.18 bits per heavy atom. The van der Waals surface area contributed by atoms with Crippen molar-refractivity contribution in [1.82, 2.24) is 10.3 Å². The highest BCUT2D eigenvalue weighted by atomic mass is 35.5. The number of nitrogens with zero attached hydrogens (tertiary/aromatic N) is 2. The minimum Gasteiger partial charge on any atom is -0.464 e. The Labute approximate surface area is 105 Å². The quantitative estimate of drug-likeness (QED) is 0.797. The number of nitrogens with one attached hydrogen (secondary N) is 1. The van der Waals surface area contributed by atoms with Crippen LogP contribution in [-0.4, -0.2) is 44.2 Å². The molecule has 5 nitrogen and oxygen atoms in total. The number of ether oxygens (including phenoxy) is 1. The number of aromatic nitrogens is 1. The molecule has 6 heteroatoms. The maximum atomic E-state index is 11.4. The van der Waals surface area contributed by atoms with Crippen LogP contribution < -0.4 is 10.2 Å². The van der Waals surface area contributed by atoms with Crippen molar-refractivity contribution in [3.05, 3.63) is 22.8 Å². The van der Waals surface area contributed by atoms with E-state index in [1.165, 1.54) is 13.2 Å². The lowest BCUT2D eigenvalue weighted by molar-refractivity contribution is 0.0594. The Hall–Kier alpha value is -1.33. The molecule has 0 unspecified atom stereocenters. The standard InChI is InChI=1S/C11H14ClN3O2/c1-17-11(16)9-6-8(12)7-10(14-9)15-4-2-13-3-5-15/h6-7,13H,2-5H2,1H3. The van der Waals surface area contributed by atoms with Gasteiger partial charge in [0.05, 0.1) is 7.11 Å². The molecule has 1 fully saturated rings. The Kier molecular flexibility index (Phi) is 3.81. The van der Waals surface area contributed by atoms with Crippen molar-refractivity contribution in [2.45, 2.75) is 0 Å². The molecule has 2 rings (SSSR count). The normalized spacial score (nSPS) is 15.8. The molecular weight excluding hydrogens is 242 g/mol. The summed E-state index contributed by atoms with van der Waals surface area (Å²) in [4.78, 5) is 17.8. The number of carbonyl (C=O) groups is 1. The molecule has 92 valence electrons. The highest BCUT2D eigenvalue weighted by Gasteiger charge is 2.16. The highest BCUT2D eigenvalue weighted by molar-refractivity contribution is 6.31. The van der Waals surface area contributed by atoms with Gasteiger partial charge < -0.3 is 15.0 Å². The van der Waals surface area contributed by atoms with E-state index in [1.54, 1.807) is 6.07 Å². The van der Waals surface area contributed by atoms with Gasteiger partial charge in [0.15, 0.2) is 5.69 Å². The molecule has 0 atom stereocenters. The van der Waals surface area contributed by atoms with Crippen molar-refractivity contribution >= 4 is 23.4 Å². The number of halogens is 1. The van der Waals surface area contributed by atoms with Gasteiger partial charge in [-0.1, -0.05) is 11.6 Å². The van der Waals surface area contributed by atoms with E-state index in [9.17, 15) is 4.79 Å². The highest BCUT2D eigenvalue weighted by Crippen LogP contribution is 2.19. The summed E-state index contributed by atoms with van der Waals surface area (Å²) in [5.74, 6) is 0.253. The lowest BCUT2D eigenvalue weighted by Crippen LogP contribution is -2.44. The van der Waals surface area contributed by atoms with Gasteiger partial charge in [-0.2, -0.15) is 0 Å². The van der Waals surface area contributed by atoms with Gasteiger partial charge >= 0.3 is 5.97 Å². The number of esters is 1. The SMILES string of the molecule is COC(=O)c1cc(Cl)cc(N2CCNCC2)n1. The molecule has 0 spiro atoms. The van der Waals surface area contributed by atoms with Crippen molar-refractivity contribution < 1.29 is 9.53 Å². The van der Waals surface area contributed by atoms with Gasteiger partial charge in [-0.05, 0) is 12.1 Å². The average Bonchev–Trinajstić information content (AvgIpc) is 2.38. The zero-order valence-corrected chi connectivity index (χ0v) is 10.3. The van der Waals surface area contributed by atoms with E-state index in [2.05, 4.69) is 19.9 Å². The summed E-state index contributed by atoms with van der Waals surface area (Å²) in [6, 6.07) is 3.28. The predicted molar refractivity (Wildman–Crippen MR) is 65.7 cm³/mol. The first kappa shape index (κ1) is 12.1. The monoisotopic (exact) mass is 255 g/mol. The van der Waals surface area contributed by atoms with Crippen LogP contribution >= 0.6 is 11.6 Å². The first-order valence-corrected chi connectivity index (χ1v) is 5.80. The lowest BCUT2D eigenvalue weighted by Gasteiger charge is -2.28. The van der Waals surface area contributed by atoms with Crippen molar-refractivity contribution in [2.24, 2.45) is 0 Å². The fourth-order valence-electron chi connectivity index (χ4n) is 1.75. The molecule has 0 radical (unpaired) electrons. The molecule has 1 saturated heterocycles. The molecular formula is C11H14ClN3O2. The summed E-state index contributed by atoms with van der Waals surface area (Å²) >= 11 is 5.98. The molecule has 17 heavy (non-hydrogen) atoms. The Balaban J connectivity index is 2.27. The molecule has 0 aromatic carbocycles. The first-order valence-electron chi connectivity index (χ1n) is 5.42. The van der Waals surface area contributed by atoms with Gasteiger partial charge in [-0.3, -0.25) is 0 Å². The number of methoxy groups -OCH3 is 1. The maximum absolute atomic E-state index is 11.4. The van der Waals surface area contributed by atoms with E-state index < -0.39 is 5.97 Å². The van der Waals surface area contributed by atoms with E-state index >= 15 is 0 Å². The summed E-state index contributed by atoms with van der Waals surface area (Å²) in [5, 5.41) is 3.75. The average molecular weight is 256 g/mol. The van der Waals surface area contributed by atoms with Crippen LogP contribution in [0.2, 0.25) is 5.02 Å². The second kappa shape index (κ2) is 5.33. The Morgan fingerprint density at radius 1 is 1.47 bits per heavy atom. The second-order valence-corrected chi connectivity index (χ2v) is 4.19. The van der Waals surface area contributed by atoms with Gasteiger partial charge in [0.25, 0.3) is 0 Å². The van der Waals surface area contributed by atoms with Crippen LogP contribution in [0.4, 0.5) is 5.82 Å². The Bertz CT molecular complexity index is 419. The fraction of sp³-hybridized carbons (Fsp3) is 0.455. The van der Waals surface area contributed by atoms with E-state index in [0.29, 0.717) is 5.02 Å². The summed E-state index contributed by atoms with van der Waals surface area (Å²) in [6.07, 6.45) is 0. The van der Waals surface area contributed by atoms with Gasteiger partial charge in [-0.25, -0.2) is 9.78 Å². The van der Waals surface area contributed by atoms with Crippen LogP contribution in [-0.2, 0) is 4.74 Å². The molecule has 0 bridgehead atoms. The minimum absolute atomic E-state index is 0.244. The molecule has 0 saturated carbocycles. The smallest absolute Gasteiger partial charge is 0.356 e. The van der Waals surface area contributed by atoms with Crippen LogP contribution in [0.5, 0.6) is 0 Å². The van der Waals surface area contributed by atoms with Crippen molar-refractivity contribution in [3.63, 3.8) is 0 Å². The molecule has 1 N–H and O–H groups in total. The summed E-state index contributed by atoms with van der Waals surface area (Å²) in [5.41, 5.74) is 0.244. The fourth-order valence-corrected chi connectivity index (χ4v) is 1.95. The number of anilines is 1. The van der Waals surface area contributed by atoms with Gasteiger partial charge in [-0.15, -0.1) is 0 Å². The first-order chi connectivity index (χ1) is 8.20. The molecule has 1 aromatic rings. The number of hydrogen-bond acceptors (Lipinski definition) is 5. The van der Waals surface area contributed by atoms with E-state index in [0.717, 1.165) is 32.0 Å². The predicted octanol–water partition coefficient (Wildman–Crippen LogP) is 0.931. The number of rotatable bonds is 2. The van der Waals surface area contributed by atoms with Crippen LogP contribution in [0.1, 0.15) is 10.5 Å². The molecule has 2 heterocycles. The lowest BCUT2D eigenvalue weighted by atomic mass is 10.3. The third-order valence-electron chi connectivity index (χ3n) is 2.61. The van der Waals surface area contributed by atoms with Crippen molar-refractivity contribution in [2.75, 3.05) is 38.2 Å². The van der Waals surface area contributed by atoms with Crippen LogP contribution in [0.25, 0.3) is 0 Å². The molecule has 0 aliphatic carbocycles. The van der Waals surface area contributed by atoms with Gasteiger partial charge in [0.1, 0.15) is 5.82 Å². The van der Waals surface area contributed by atoms with Gasteiger partial charge in [0, 0.05) is 31.2 Å². The zero-order chi connectivity index (χ0) is 12.3. The third kappa shape index (κ3) is 2.87. The number of piperazine rings is 1. The van der Waals surface area contributed by atoms with E-state index in [1.807, 2.05) is 0 Å². The number of hydrogen-bond donors (Lipinski definition) is 1. The van der Waals surface area contributed by atoms with Crippen LogP contribution in [0, 0.1) is 0 Å². The topological polar surface area (TPSA) is 54.5 Å². The van der Waals surface area contributed by atoms with Crippen molar-refractivity contribution in [3.8, 4) is 0 Å². The molecule has 1 aliphatic rings. The molecule has 1 aromatic heterocycles. The summed E-state index contributed by atoms with van der Waals surface area (Å²) in [6.45, 7) is 3.52. The van der Waals surface area contributed by atoms with Crippen molar-refractivity contribution in [1.29, 1.82) is 0 Å². The minimum atomic E-state index is -0.469. The van der Waals surface area contributed by atoms with Crippen LogP contribution in [0.15, 0.2) is 12.1 Å². The maximum Gasteiger partial charge on any atom is 0.356 e. The molecule has 0 amide bonds. The third-order valence-corrected chi connectivity index (χ3v) is 2.83. The Morgan fingerprint density at radius 3 is 2.82 bits per heavy atom.